The van der Waals surface area contributed by atoms with Gasteiger partial charge in [-0.15, -0.1) is 20.4 Å². The lowest BCUT2D eigenvalue weighted by atomic mass is 10.0. The zero-order valence-corrected chi connectivity index (χ0v) is 19.3. The molecule has 0 aliphatic rings. The molecule has 0 aliphatic heterocycles. The fourth-order valence-corrected chi connectivity index (χ4v) is 3.68. The van der Waals surface area contributed by atoms with Crippen LogP contribution in [0.25, 0.3) is 45.8 Å². The molecule has 0 spiro atoms. The van der Waals surface area contributed by atoms with Crippen LogP contribution in [-0.2, 0) is 0 Å². The van der Waals surface area contributed by atoms with Crippen LogP contribution in [0.1, 0.15) is 34.0 Å². The van der Waals surface area contributed by atoms with Gasteiger partial charge in [0.05, 0.1) is 0 Å². The molecule has 0 bridgehead atoms. The third kappa shape index (κ3) is 4.03. The first kappa shape index (κ1) is 21.5. The van der Waals surface area contributed by atoms with Crippen LogP contribution in [0.15, 0.2) is 69.5 Å². The molecule has 3 aromatic carbocycles. The van der Waals surface area contributed by atoms with Crippen LogP contribution in [0.4, 0.5) is 0 Å². The Kier molecular flexibility index (Phi) is 5.37. The van der Waals surface area contributed by atoms with Gasteiger partial charge in [0.25, 0.3) is 0 Å². The van der Waals surface area contributed by atoms with E-state index >= 15 is 0 Å². The van der Waals surface area contributed by atoms with Crippen molar-refractivity contribution in [2.75, 3.05) is 0 Å². The minimum atomic E-state index is 0.00955. The van der Waals surface area contributed by atoms with Gasteiger partial charge in [-0.05, 0) is 92.9 Å². The van der Waals surface area contributed by atoms with Gasteiger partial charge in [-0.2, -0.15) is 0 Å². The zero-order chi connectivity index (χ0) is 23.8. The van der Waals surface area contributed by atoms with Crippen LogP contribution < -0.4 is 0 Å². The Morgan fingerprint density at radius 2 is 0.941 bits per heavy atom. The monoisotopic (exact) mass is 450 g/mol. The average molecular weight is 450 g/mol. The summed E-state index contributed by atoms with van der Waals surface area (Å²) in [5, 5.41) is 16.7. The molecule has 7 nitrogen and oxygen atoms in total. The fraction of sp³-hybridized carbons (Fsp3) is 0.148. The number of benzene rings is 3. The van der Waals surface area contributed by atoms with Gasteiger partial charge in [-0.25, -0.2) is 0 Å². The number of hydrogen-bond donors (Lipinski definition) is 0. The molecule has 5 rings (SSSR count). The molecule has 0 N–H and O–H groups in total. The van der Waals surface area contributed by atoms with Crippen molar-refractivity contribution in [3.8, 4) is 45.8 Å². The lowest BCUT2D eigenvalue weighted by molar-refractivity contribution is 0.101. The number of Topliss-reactive ketones (excluding diaryl/α,β-unsaturated/α-hetero) is 1. The number of hydrogen-bond acceptors (Lipinski definition) is 7. The van der Waals surface area contributed by atoms with Crippen LogP contribution in [0.2, 0.25) is 0 Å². The number of rotatable bonds is 5. The van der Waals surface area contributed by atoms with Crippen LogP contribution in [-0.4, -0.2) is 26.2 Å². The van der Waals surface area contributed by atoms with Crippen molar-refractivity contribution in [2.45, 2.75) is 27.7 Å². The maximum atomic E-state index is 11.5. The normalized spacial score (nSPS) is 11.1. The molecule has 0 radical (unpaired) electrons. The first-order chi connectivity index (χ1) is 16.4. The minimum Gasteiger partial charge on any atom is -0.416 e. The molecule has 34 heavy (non-hydrogen) atoms. The lowest BCUT2D eigenvalue weighted by Crippen LogP contribution is -1.90. The van der Waals surface area contributed by atoms with E-state index in [9.17, 15) is 4.79 Å². The van der Waals surface area contributed by atoms with E-state index < -0.39 is 0 Å². The maximum absolute atomic E-state index is 11.5. The Morgan fingerprint density at radius 3 is 1.32 bits per heavy atom. The standard InChI is InChI=1S/C27H22N4O3/c1-15-13-23(14-16(2)17(15)3)27-31-30-26(34-27)22-11-9-21(10-12-22)25-29-28-24(33-25)20-7-5-19(6-8-20)18(4)32/h5-14H,1-4H3. The molecule has 0 fully saturated rings. The number of aromatic nitrogens is 4. The van der Waals surface area contributed by atoms with Gasteiger partial charge in [-0.3, -0.25) is 4.79 Å². The fourth-order valence-electron chi connectivity index (χ4n) is 3.68. The Morgan fingerprint density at radius 1 is 0.588 bits per heavy atom. The number of carbonyl (C=O) groups is 1. The number of nitrogens with zero attached hydrogens (tertiary/aromatic N) is 4. The van der Waals surface area contributed by atoms with E-state index in [-0.39, 0.29) is 5.78 Å². The van der Waals surface area contributed by atoms with E-state index in [1.165, 1.54) is 23.6 Å². The van der Waals surface area contributed by atoms with Gasteiger partial charge in [0.1, 0.15) is 0 Å². The van der Waals surface area contributed by atoms with E-state index in [4.69, 9.17) is 8.83 Å². The Balaban J connectivity index is 1.36. The second kappa shape index (κ2) is 8.51. The Labute approximate surface area is 196 Å². The molecule has 0 saturated heterocycles. The summed E-state index contributed by atoms with van der Waals surface area (Å²) in [5.74, 6) is 1.72. The van der Waals surface area contributed by atoms with Crippen LogP contribution in [0.5, 0.6) is 0 Å². The number of carbonyl (C=O) groups excluding carboxylic acids is 1. The topological polar surface area (TPSA) is 94.9 Å². The lowest BCUT2D eigenvalue weighted by Gasteiger charge is -2.06. The van der Waals surface area contributed by atoms with Crippen molar-refractivity contribution >= 4 is 5.78 Å². The molecule has 2 heterocycles. The molecule has 0 amide bonds. The summed E-state index contributed by atoms with van der Waals surface area (Å²) in [7, 11) is 0. The zero-order valence-electron chi connectivity index (χ0n) is 19.3. The Bertz CT molecular complexity index is 1470. The van der Waals surface area contributed by atoms with E-state index in [0.29, 0.717) is 29.1 Å². The van der Waals surface area contributed by atoms with Crippen LogP contribution >= 0.6 is 0 Å². The molecular weight excluding hydrogens is 428 g/mol. The highest BCUT2D eigenvalue weighted by Gasteiger charge is 2.15. The van der Waals surface area contributed by atoms with Gasteiger partial charge in [0.2, 0.25) is 23.6 Å². The molecule has 0 aliphatic carbocycles. The molecule has 0 saturated carbocycles. The molecule has 5 aromatic rings. The van der Waals surface area contributed by atoms with Crippen molar-refractivity contribution in [3.05, 3.63) is 82.9 Å². The quantitative estimate of drug-likeness (QED) is 0.292. The first-order valence-corrected chi connectivity index (χ1v) is 10.9. The SMILES string of the molecule is CC(=O)c1ccc(-c2nnc(-c3ccc(-c4nnc(-c5cc(C)c(C)c(C)c5)o4)cc3)o2)cc1. The van der Waals surface area contributed by atoms with Gasteiger partial charge in [0, 0.05) is 27.8 Å². The minimum absolute atomic E-state index is 0.00955. The Hall–Kier alpha value is -4.39. The molecule has 2 aromatic heterocycles. The summed E-state index contributed by atoms with van der Waals surface area (Å²) in [6.45, 7) is 7.78. The molecular formula is C27H22N4O3. The number of ketones is 1. The second-order valence-electron chi connectivity index (χ2n) is 8.27. The molecule has 0 unspecified atom stereocenters. The molecule has 168 valence electrons. The van der Waals surface area contributed by atoms with Gasteiger partial charge < -0.3 is 8.83 Å². The maximum Gasteiger partial charge on any atom is 0.248 e. The van der Waals surface area contributed by atoms with E-state index in [1.54, 1.807) is 24.3 Å². The van der Waals surface area contributed by atoms with E-state index in [1.807, 2.05) is 24.3 Å². The molecule has 0 atom stereocenters. The predicted molar refractivity (Wildman–Crippen MR) is 128 cm³/mol. The van der Waals surface area contributed by atoms with Crippen molar-refractivity contribution in [1.29, 1.82) is 0 Å². The highest BCUT2D eigenvalue weighted by atomic mass is 16.4. The van der Waals surface area contributed by atoms with Crippen LogP contribution in [0, 0.1) is 20.8 Å². The largest absolute Gasteiger partial charge is 0.416 e. The van der Waals surface area contributed by atoms with E-state index in [2.05, 4.69) is 53.3 Å². The van der Waals surface area contributed by atoms with E-state index in [0.717, 1.165) is 22.3 Å². The van der Waals surface area contributed by atoms with Crippen LogP contribution in [0.3, 0.4) is 0 Å². The number of aryl methyl sites for hydroxylation is 2. The van der Waals surface area contributed by atoms with Gasteiger partial charge in [-0.1, -0.05) is 12.1 Å². The summed E-state index contributed by atoms with van der Waals surface area (Å²) < 4.78 is 11.8. The summed E-state index contributed by atoms with van der Waals surface area (Å²) in [6, 6.07) is 18.7. The molecule has 7 heteroatoms. The van der Waals surface area contributed by atoms with Gasteiger partial charge >= 0.3 is 0 Å². The highest BCUT2D eigenvalue weighted by Crippen LogP contribution is 2.29. The average Bonchev–Trinajstić information content (AvgIpc) is 3.53. The summed E-state index contributed by atoms with van der Waals surface area (Å²) in [5.41, 5.74) is 7.49. The summed E-state index contributed by atoms with van der Waals surface area (Å²) in [4.78, 5) is 11.5. The summed E-state index contributed by atoms with van der Waals surface area (Å²) >= 11 is 0. The van der Waals surface area contributed by atoms with Gasteiger partial charge in [0.15, 0.2) is 5.78 Å². The first-order valence-electron chi connectivity index (χ1n) is 10.9. The highest BCUT2D eigenvalue weighted by molar-refractivity contribution is 5.94. The predicted octanol–water partition coefficient (Wildman–Crippen LogP) is 6.25. The third-order valence-electron chi connectivity index (χ3n) is 5.94. The van der Waals surface area contributed by atoms with Crippen molar-refractivity contribution < 1.29 is 13.6 Å². The van der Waals surface area contributed by atoms with Crippen molar-refractivity contribution in [3.63, 3.8) is 0 Å². The smallest absolute Gasteiger partial charge is 0.248 e. The second-order valence-corrected chi connectivity index (χ2v) is 8.27. The summed E-state index contributed by atoms with van der Waals surface area (Å²) in [6.07, 6.45) is 0. The van der Waals surface area contributed by atoms with Crippen molar-refractivity contribution in [1.82, 2.24) is 20.4 Å². The van der Waals surface area contributed by atoms with Crippen molar-refractivity contribution in [2.24, 2.45) is 0 Å². The third-order valence-corrected chi connectivity index (χ3v) is 5.94.